The lowest BCUT2D eigenvalue weighted by molar-refractivity contribution is 0.105. The van der Waals surface area contributed by atoms with Gasteiger partial charge in [0.05, 0.1) is 12.1 Å². The molecule has 1 heterocycles. The molecular weight excluding hydrogens is 326 g/mol. The van der Waals surface area contributed by atoms with Gasteiger partial charge in [-0.3, -0.25) is 0 Å². The fraction of sp³-hybridized carbons (Fsp3) is 0.667. The van der Waals surface area contributed by atoms with Crippen molar-refractivity contribution in [2.45, 2.75) is 38.1 Å². The number of piperidine rings is 1. The van der Waals surface area contributed by atoms with E-state index in [4.69, 9.17) is 4.74 Å². The van der Waals surface area contributed by atoms with Gasteiger partial charge < -0.3 is 19.9 Å². The zero-order valence-corrected chi connectivity index (χ0v) is 16.5. The fourth-order valence-corrected chi connectivity index (χ4v) is 4.19. The van der Waals surface area contributed by atoms with Gasteiger partial charge in [-0.25, -0.2) is 4.79 Å². The Bertz CT molecular complexity index is 615. The van der Waals surface area contributed by atoms with Gasteiger partial charge >= 0.3 is 6.03 Å². The molecule has 1 aromatic rings. The van der Waals surface area contributed by atoms with Crippen LogP contribution in [0.2, 0.25) is 0 Å². The van der Waals surface area contributed by atoms with E-state index in [0.717, 1.165) is 45.6 Å². The number of urea groups is 1. The highest BCUT2D eigenvalue weighted by Crippen LogP contribution is 2.46. The molecule has 2 fully saturated rings. The average molecular weight is 360 g/mol. The molecule has 2 aliphatic rings. The quantitative estimate of drug-likeness (QED) is 0.814. The first-order chi connectivity index (χ1) is 12.5. The van der Waals surface area contributed by atoms with E-state index in [9.17, 15) is 4.79 Å². The Labute approximate surface area is 157 Å². The van der Waals surface area contributed by atoms with Gasteiger partial charge in [0.25, 0.3) is 0 Å². The van der Waals surface area contributed by atoms with Gasteiger partial charge in [0, 0.05) is 33.8 Å². The molecule has 1 saturated heterocycles. The molecular formula is C21H33N3O2. The molecule has 5 nitrogen and oxygen atoms in total. The van der Waals surface area contributed by atoms with Crippen LogP contribution < -0.4 is 5.32 Å². The van der Waals surface area contributed by atoms with Crippen molar-refractivity contribution >= 4 is 6.03 Å². The second-order valence-electron chi connectivity index (χ2n) is 8.01. The number of benzene rings is 1. The van der Waals surface area contributed by atoms with Crippen molar-refractivity contribution in [3.8, 4) is 0 Å². The Kier molecular flexibility index (Phi) is 6.20. The SMILES string of the molecule is COCCN1CCCC(CN(C)C(=O)NC2(c3ccccc3C)CC2)C1. The second-order valence-corrected chi connectivity index (χ2v) is 8.01. The summed E-state index contributed by atoms with van der Waals surface area (Å²) < 4.78 is 5.20. The van der Waals surface area contributed by atoms with E-state index in [0.29, 0.717) is 5.92 Å². The number of carbonyl (C=O) groups excluding carboxylic acids is 1. The molecule has 0 radical (unpaired) electrons. The number of methoxy groups -OCH3 is 1. The normalized spacial score (nSPS) is 22.0. The predicted molar refractivity (Wildman–Crippen MR) is 104 cm³/mol. The average Bonchev–Trinajstić information content (AvgIpc) is 3.41. The molecule has 2 amide bonds. The number of ether oxygens (including phenoxy) is 1. The lowest BCUT2D eigenvalue weighted by Gasteiger charge is -2.35. The maximum atomic E-state index is 12.8. The minimum atomic E-state index is -0.145. The minimum absolute atomic E-state index is 0.0553. The Morgan fingerprint density at radius 2 is 2.15 bits per heavy atom. The summed E-state index contributed by atoms with van der Waals surface area (Å²) in [6.45, 7) is 6.92. The van der Waals surface area contributed by atoms with Crippen molar-refractivity contribution in [3.63, 3.8) is 0 Å². The molecule has 1 N–H and O–H groups in total. The van der Waals surface area contributed by atoms with Crippen LogP contribution >= 0.6 is 0 Å². The Morgan fingerprint density at radius 1 is 1.38 bits per heavy atom. The van der Waals surface area contributed by atoms with E-state index in [1.807, 2.05) is 11.9 Å². The summed E-state index contributed by atoms with van der Waals surface area (Å²) in [5.41, 5.74) is 2.38. The van der Waals surface area contributed by atoms with Crippen molar-refractivity contribution in [1.82, 2.24) is 15.1 Å². The zero-order valence-electron chi connectivity index (χ0n) is 16.5. The van der Waals surface area contributed by atoms with E-state index in [1.165, 1.54) is 24.0 Å². The van der Waals surface area contributed by atoms with E-state index in [2.05, 4.69) is 41.4 Å². The molecule has 26 heavy (non-hydrogen) atoms. The van der Waals surface area contributed by atoms with Gasteiger partial charge in [0.1, 0.15) is 0 Å². The molecule has 1 unspecified atom stereocenters. The van der Waals surface area contributed by atoms with Gasteiger partial charge in [0.15, 0.2) is 0 Å². The molecule has 3 rings (SSSR count). The summed E-state index contributed by atoms with van der Waals surface area (Å²) >= 11 is 0. The van der Waals surface area contributed by atoms with E-state index in [1.54, 1.807) is 7.11 Å². The molecule has 0 bridgehead atoms. The van der Waals surface area contributed by atoms with Crippen LogP contribution in [-0.2, 0) is 10.3 Å². The van der Waals surface area contributed by atoms with E-state index >= 15 is 0 Å². The Balaban J connectivity index is 1.53. The number of likely N-dealkylation sites (tertiary alicyclic amines) is 1. The van der Waals surface area contributed by atoms with Gasteiger partial charge in [-0.05, 0) is 56.2 Å². The van der Waals surface area contributed by atoms with Crippen molar-refractivity contribution in [3.05, 3.63) is 35.4 Å². The van der Waals surface area contributed by atoms with Crippen molar-refractivity contribution < 1.29 is 9.53 Å². The van der Waals surface area contributed by atoms with Crippen LogP contribution in [0.15, 0.2) is 24.3 Å². The number of hydrogen-bond donors (Lipinski definition) is 1. The first-order valence-corrected chi connectivity index (χ1v) is 9.85. The van der Waals surface area contributed by atoms with E-state index < -0.39 is 0 Å². The van der Waals surface area contributed by atoms with Gasteiger partial charge in [-0.2, -0.15) is 0 Å². The standard InChI is InChI=1S/C21H33N3O2/c1-17-7-4-5-9-19(17)21(10-11-21)22-20(25)23(2)15-18-8-6-12-24(16-18)13-14-26-3/h4-5,7,9,18H,6,8,10-16H2,1-3H3,(H,22,25). The lowest BCUT2D eigenvalue weighted by Crippen LogP contribution is -2.47. The highest BCUT2D eigenvalue weighted by molar-refractivity contribution is 5.75. The van der Waals surface area contributed by atoms with Crippen LogP contribution in [0, 0.1) is 12.8 Å². The molecule has 0 aromatic heterocycles. The van der Waals surface area contributed by atoms with Crippen molar-refractivity contribution in [2.75, 3.05) is 46.9 Å². The van der Waals surface area contributed by atoms with Gasteiger partial charge in [-0.1, -0.05) is 24.3 Å². The van der Waals surface area contributed by atoms with Crippen LogP contribution in [-0.4, -0.2) is 62.8 Å². The Hall–Kier alpha value is -1.59. The smallest absolute Gasteiger partial charge is 0.317 e. The number of rotatable bonds is 7. The van der Waals surface area contributed by atoms with Gasteiger partial charge in [-0.15, -0.1) is 0 Å². The number of nitrogens with zero attached hydrogens (tertiary/aromatic N) is 2. The fourth-order valence-electron chi connectivity index (χ4n) is 4.19. The zero-order chi connectivity index (χ0) is 18.6. The number of nitrogens with one attached hydrogen (secondary N) is 1. The van der Waals surface area contributed by atoms with Crippen molar-refractivity contribution in [2.24, 2.45) is 5.92 Å². The summed E-state index contributed by atoms with van der Waals surface area (Å²) in [7, 11) is 3.68. The molecule has 1 atom stereocenters. The molecule has 144 valence electrons. The molecule has 1 saturated carbocycles. The topological polar surface area (TPSA) is 44.8 Å². The summed E-state index contributed by atoms with van der Waals surface area (Å²) in [5.74, 6) is 0.546. The third kappa shape index (κ3) is 4.57. The van der Waals surface area contributed by atoms with Crippen LogP contribution in [0.4, 0.5) is 4.79 Å². The molecule has 5 heteroatoms. The van der Waals surface area contributed by atoms with Gasteiger partial charge in [0.2, 0.25) is 0 Å². The summed E-state index contributed by atoms with van der Waals surface area (Å²) in [4.78, 5) is 17.1. The summed E-state index contributed by atoms with van der Waals surface area (Å²) in [6, 6.07) is 8.45. The highest BCUT2D eigenvalue weighted by atomic mass is 16.5. The lowest BCUT2D eigenvalue weighted by atomic mass is 9.97. The number of aryl methyl sites for hydroxylation is 1. The second kappa shape index (κ2) is 8.40. The largest absolute Gasteiger partial charge is 0.383 e. The van der Waals surface area contributed by atoms with E-state index in [-0.39, 0.29) is 11.6 Å². The number of amides is 2. The molecule has 1 aromatic carbocycles. The summed E-state index contributed by atoms with van der Waals surface area (Å²) in [6.07, 6.45) is 4.47. The van der Waals surface area contributed by atoms with Crippen LogP contribution in [0.3, 0.4) is 0 Å². The maximum Gasteiger partial charge on any atom is 0.317 e. The first kappa shape index (κ1) is 19.2. The maximum absolute atomic E-state index is 12.8. The molecule has 1 aliphatic carbocycles. The third-order valence-electron chi connectivity index (χ3n) is 5.85. The highest BCUT2D eigenvalue weighted by Gasteiger charge is 2.46. The van der Waals surface area contributed by atoms with Crippen LogP contribution in [0.1, 0.15) is 36.8 Å². The summed E-state index contributed by atoms with van der Waals surface area (Å²) in [5, 5.41) is 3.31. The van der Waals surface area contributed by atoms with Crippen LogP contribution in [0.25, 0.3) is 0 Å². The molecule has 0 spiro atoms. The van der Waals surface area contributed by atoms with Crippen molar-refractivity contribution in [1.29, 1.82) is 0 Å². The minimum Gasteiger partial charge on any atom is -0.383 e. The third-order valence-corrected chi connectivity index (χ3v) is 5.85. The number of carbonyl (C=O) groups is 1. The number of hydrogen-bond acceptors (Lipinski definition) is 3. The monoisotopic (exact) mass is 359 g/mol. The first-order valence-electron chi connectivity index (χ1n) is 9.85. The predicted octanol–water partition coefficient (Wildman–Crippen LogP) is 2.98. The Morgan fingerprint density at radius 3 is 2.85 bits per heavy atom. The van der Waals surface area contributed by atoms with Crippen LogP contribution in [0.5, 0.6) is 0 Å². The molecule has 1 aliphatic heterocycles.